The molecule has 32 heteroatoms. The maximum absolute atomic E-state index is 6.40. The SMILES string of the molecule is COCCOCCOCCOc1cc(/C=C/c2cc(/C=C/c3cc(OCCOCCOCCOC)cc(OCCOCCOCCOC)c3)c(/C=C/c3cc(OCCOCCOCCOC)cc(OCCOCCOCCOC)c3)cc2/C=C/c2cc(OCCOCCOCCOC)cc(OCCOCCOCCOC)c2)cc(OCCOCCOCCOC)c1. The molecule has 710 valence electrons. The molecule has 32 nitrogen and oxygen atoms in total. The van der Waals surface area contributed by atoms with Gasteiger partial charge in [0, 0.05) is 81.1 Å². The smallest absolute Gasteiger partial charge is 0.123 e. The predicted octanol–water partition coefficient (Wildman–Crippen LogP) is 10.8. The molecule has 0 aromatic heterocycles. The van der Waals surface area contributed by atoms with Gasteiger partial charge in [-0.15, -0.1) is 0 Å². The van der Waals surface area contributed by atoms with E-state index in [2.05, 4.69) is 36.4 Å². The maximum atomic E-state index is 6.40. The van der Waals surface area contributed by atoms with E-state index in [9.17, 15) is 0 Å². The van der Waals surface area contributed by atoms with Crippen molar-refractivity contribution < 1.29 is 152 Å². The Hall–Kier alpha value is -7.50. The summed E-state index contributed by atoms with van der Waals surface area (Å²) in [6, 6.07) is 27.3. The Morgan fingerprint density at radius 2 is 0.238 bits per heavy atom. The first-order valence-electron chi connectivity index (χ1n) is 43.0. The summed E-state index contributed by atoms with van der Waals surface area (Å²) in [4.78, 5) is 0. The van der Waals surface area contributed by atoms with Gasteiger partial charge >= 0.3 is 0 Å². The fraction of sp³-hybridized carbons (Fsp3) is 0.596. The Bertz CT molecular complexity index is 2940. The van der Waals surface area contributed by atoms with E-state index in [1.807, 2.05) is 97.1 Å². The van der Waals surface area contributed by atoms with Crippen molar-refractivity contribution in [1.29, 1.82) is 0 Å². The molecule has 5 aromatic rings. The highest BCUT2D eigenvalue weighted by atomic mass is 16.6. The van der Waals surface area contributed by atoms with E-state index in [-0.39, 0.29) is 52.9 Å². The van der Waals surface area contributed by atoms with Crippen LogP contribution < -0.4 is 37.9 Å². The largest absolute Gasteiger partial charge is 0.491 e. The van der Waals surface area contributed by atoms with Crippen LogP contribution in [-0.2, 0) is 114 Å². The monoisotopic (exact) mass is 1780 g/mol. The zero-order valence-electron chi connectivity index (χ0n) is 75.7. The minimum atomic E-state index is 0.255. The van der Waals surface area contributed by atoms with E-state index in [1.165, 1.54) is 0 Å². The van der Waals surface area contributed by atoms with Crippen molar-refractivity contribution in [2.24, 2.45) is 0 Å². The average molecular weight is 1780 g/mol. The molecule has 0 saturated carbocycles. The van der Waals surface area contributed by atoms with Crippen molar-refractivity contribution in [3.8, 4) is 46.0 Å². The predicted molar refractivity (Wildman–Crippen MR) is 480 cm³/mol. The van der Waals surface area contributed by atoms with E-state index in [0.717, 1.165) is 44.5 Å². The van der Waals surface area contributed by atoms with Crippen LogP contribution in [0.3, 0.4) is 0 Å². The fourth-order valence-corrected chi connectivity index (χ4v) is 10.9. The van der Waals surface area contributed by atoms with Gasteiger partial charge in [0.25, 0.3) is 0 Å². The second-order valence-electron chi connectivity index (χ2n) is 26.9. The van der Waals surface area contributed by atoms with Crippen LogP contribution in [0.5, 0.6) is 46.0 Å². The standard InChI is InChI=1S/C94H142O32/c1-95-17-25-103-33-41-111-49-57-119-87-65-79(66-88(75-87)120-58-50-112-42-34-104-26-18-96-2)9-13-83-73-85(15-11-81-69-91(123-61-53-115-45-37-107-29-21-99-5)77-92(70-81)124-62-54-116-46-38-108-30-22-100-6)86(16-12-82-71-93(125-63-55-117-47-39-109-31-23-101-7)78-94(72-82)126-64-56-118-48-40-110-32-24-102-8)74-84(83)14-10-80-67-89(121-59-51-113-43-35-105-27-19-97-3)76-90(68-80)122-60-52-114-44-36-106-28-20-98-4/h9-16,65-78H,17-64H2,1-8H3/b13-9+,14-10+,15-11+,16-12+. The van der Waals surface area contributed by atoms with Gasteiger partial charge in [0.1, 0.15) is 98.9 Å². The molecular weight excluding hydrogens is 1640 g/mol. The van der Waals surface area contributed by atoms with Crippen molar-refractivity contribution in [1.82, 2.24) is 0 Å². The van der Waals surface area contributed by atoms with Crippen LogP contribution >= 0.6 is 0 Å². The van der Waals surface area contributed by atoms with Gasteiger partial charge in [0.05, 0.1) is 264 Å². The van der Waals surface area contributed by atoms with Crippen LogP contribution in [-0.4, -0.2) is 374 Å². The zero-order valence-corrected chi connectivity index (χ0v) is 75.7. The lowest BCUT2D eigenvalue weighted by Gasteiger charge is -2.14. The van der Waals surface area contributed by atoms with Crippen LogP contribution in [0, 0.1) is 0 Å². The van der Waals surface area contributed by atoms with E-state index in [4.69, 9.17) is 152 Å². The third kappa shape index (κ3) is 57.4. The number of benzene rings is 5. The van der Waals surface area contributed by atoms with Gasteiger partial charge in [-0.1, -0.05) is 48.6 Å². The lowest BCUT2D eigenvalue weighted by atomic mass is 9.95. The summed E-state index contributed by atoms with van der Waals surface area (Å²) < 4.78 is 184. The van der Waals surface area contributed by atoms with Crippen molar-refractivity contribution in [3.05, 3.63) is 129 Å². The van der Waals surface area contributed by atoms with Crippen LogP contribution in [0.1, 0.15) is 44.5 Å². The molecular formula is C94H142O32. The number of hydrogen-bond acceptors (Lipinski definition) is 32. The quantitative estimate of drug-likeness (QED) is 0.0258. The molecule has 0 N–H and O–H groups in total. The third-order valence-electron chi connectivity index (χ3n) is 17.1. The number of hydrogen-bond donors (Lipinski definition) is 0. The van der Waals surface area contributed by atoms with Crippen LogP contribution in [0.2, 0.25) is 0 Å². The Balaban J connectivity index is 1.73. The van der Waals surface area contributed by atoms with Crippen molar-refractivity contribution >= 4 is 48.6 Å². The third-order valence-corrected chi connectivity index (χ3v) is 17.1. The molecule has 0 aliphatic carbocycles. The van der Waals surface area contributed by atoms with Gasteiger partial charge in [-0.2, -0.15) is 0 Å². The molecule has 0 aliphatic heterocycles. The first-order chi connectivity index (χ1) is 62.3. The van der Waals surface area contributed by atoms with Crippen LogP contribution in [0.15, 0.2) is 84.9 Å². The number of rotatable bonds is 88. The zero-order chi connectivity index (χ0) is 89.4. The first-order valence-corrected chi connectivity index (χ1v) is 43.0. The highest BCUT2D eigenvalue weighted by Gasteiger charge is 2.13. The molecule has 0 atom stereocenters. The van der Waals surface area contributed by atoms with Crippen molar-refractivity contribution in [2.45, 2.75) is 0 Å². The molecule has 5 aromatic carbocycles. The summed E-state index contributed by atoms with van der Waals surface area (Å²) in [6.45, 7) is 18.7. The summed E-state index contributed by atoms with van der Waals surface area (Å²) in [5.74, 6) is 4.49. The maximum Gasteiger partial charge on any atom is 0.123 e. The van der Waals surface area contributed by atoms with Gasteiger partial charge in [0.2, 0.25) is 0 Å². The highest BCUT2D eigenvalue weighted by Crippen LogP contribution is 2.33. The molecule has 0 aliphatic rings. The molecule has 0 saturated heterocycles. The lowest BCUT2D eigenvalue weighted by molar-refractivity contribution is 0.0174. The fourth-order valence-electron chi connectivity index (χ4n) is 10.9. The molecule has 126 heavy (non-hydrogen) atoms. The Morgan fingerprint density at radius 1 is 0.127 bits per heavy atom. The van der Waals surface area contributed by atoms with Gasteiger partial charge in [-0.25, -0.2) is 0 Å². The summed E-state index contributed by atoms with van der Waals surface area (Å²) in [5, 5.41) is 0. The second-order valence-corrected chi connectivity index (χ2v) is 26.9. The van der Waals surface area contributed by atoms with Gasteiger partial charge < -0.3 is 152 Å². The van der Waals surface area contributed by atoms with Crippen molar-refractivity contribution in [2.75, 3.05) is 374 Å². The summed E-state index contributed by atoms with van der Waals surface area (Å²) >= 11 is 0. The molecule has 0 radical (unpaired) electrons. The minimum absolute atomic E-state index is 0.255. The lowest BCUT2D eigenvalue weighted by Crippen LogP contribution is -2.13. The van der Waals surface area contributed by atoms with E-state index < -0.39 is 0 Å². The molecule has 5 rings (SSSR count). The minimum Gasteiger partial charge on any atom is -0.491 e. The Kier molecular flexibility index (Phi) is 68.0. The van der Waals surface area contributed by atoms with E-state index in [0.29, 0.717) is 310 Å². The van der Waals surface area contributed by atoms with Crippen molar-refractivity contribution in [3.63, 3.8) is 0 Å². The topological polar surface area (TPSA) is 295 Å². The van der Waals surface area contributed by atoms with E-state index in [1.54, 1.807) is 56.9 Å². The van der Waals surface area contributed by atoms with Gasteiger partial charge in [-0.3, -0.25) is 0 Å². The first kappa shape index (κ1) is 109. The average Bonchev–Trinajstić information content (AvgIpc) is 0.808. The molecule has 0 bridgehead atoms. The normalized spacial score (nSPS) is 11.7. The molecule has 0 heterocycles. The van der Waals surface area contributed by atoms with Crippen LogP contribution in [0.4, 0.5) is 0 Å². The number of methoxy groups -OCH3 is 8. The van der Waals surface area contributed by atoms with Crippen LogP contribution in [0.25, 0.3) is 48.6 Å². The summed E-state index contributed by atoms with van der Waals surface area (Å²) in [6.07, 6.45) is 16.4. The number of ether oxygens (including phenoxy) is 32. The second kappa shape index (κ2) is 78.5. The Morgan fingerprint density at radius 3 is 0.357 bits per heavy atom. The van der Waals surface area contributed by atoms with E-state index >= 15 is 0 Å². The van der Waals surface area contributed by atoms with Gasteiger partial charge in [0.15, 0.2) is 0 Å². The Labute approximate surface area is 746 Å². The summed E-state index contributed by atoms with van der Waals surface area (Å²) in [7, 11) is 13.1. The molecule has 0 spiro atoms. The summed E-state index contributed by atoms with van der Waals surface area (Å²) in [5.41, 5.74) is 6.39. The molecule has 0 fully saturated rings. The molecule has 0 amide bonds. The molecule has 0 unspecified atom stereocenters. The highest BCUT2D eigenvalue weighted by molar-refractivity contribution is 5.87. The van der Waals surface area contributed by atoms with Gasteiger partial charge in [-0.05, 0) is 105 Å².